The SMILES string of the molecule is ICCC(I)C(I)C(I)C(I)C(I)CI. The smallest absolute Gasteiger partial charge is 0.0366 e. The summed E-state index contributed by atoms with van der Waals surface area (Å²) < 4.78 is 6.51. The van der Waals surface area contributed by atoms with Crippen LogP contribution >= 0.6 is 158 Å². The van der Waals surface area contributed by atoms with Crippen LogP contribution < -0.4 is 0 Å². The van der Waals surface area contributed by atoms with Gasteiger partial charge in [0.1, 0.15) is 0 Å². The summed E-state index contributed by atoms with van der Waals surface area (Å²) in [6.45, 7) is 0. The van der Waals surface area contributed by atoms with Gasteiger partial charge in [0.15, 0.2) is 0 Å². The maximum atomic E-state index is 2.66. The fourth-order valence-electron chi connectivity index (χ4n) is 0.923. The second kappa shape index (κ2) is 11.7. The normalized spacial score (nSPS) is 21.8. The highest BCUT2D eigenvalue weighted by Crippen LogP contribution is 2.35. The Labute approximate surface area is 188 Å². The van der Waals surface area contributed by atoms with Crippen LogP contribution in [0.4, 0.5) is 0 Å². The zero-order valence-electron chi connectivity index (χ0n) is 7.65. The second-order valence-corrected chi connectivity index (χ2v) is 12.5. The molecule has 5 atom stereocenters. The Bertz CT molecular complexity index is 165. The van der Waals surface area contributed by atoms with Gasteiger partial charge >= 0.3 is 0 Å². The molecule has 0 saturated carbocycles. The third-order valence-electron chi connectivity index (χ3n) is 1.83. The van der Waals surface area contributed by atoms with Gasteiger partial charge in [0.05, 0.1) is 0 Å². The lowest BCUT2D eigenvalue weighted by molar-refractivity contribution is 0.762. The topological polar surface area (TPSA) is 0 Å². The van der Waals surface area contributed by atoms with Crippen LogP contribution in [0.15, 0.2) is 0 Å². The first-order chi connectivity index (χ1) is 6.95. The quantitative estimate of drug-likeness (QED) is 0.209. The van der Waals surface area contributed by atoms with E-state index in [1.54, 1.807) is 0 Å². The highest BCUT2D eigenvalue weighted by atomic mass is 127. The third kappa shape index (κ3) is 8.21. The molecule has 0 aromatic rings. The Hall–Kier alpha value is 5.11. The fourth-order valence-corrected chi connectivity index (χ4v) is 10.4. The van der Waals surface area contributed by atoms with Gasteiger partial charge in [-0.05, 0) is 6.42 Å². The number of hydrogen-bond acceptors (Lipinski definition) is 0. The molecule has 0 radical (unpaired) electrons. The Morgan fingerprint density at radius 1 is 0.667 bits per heavy atom. The van der Waals surface area contributed by atoms with Crippen molar-refractivity contribution in [1.29, 1.82) is 0 Å². The van der Waals surface area contributed by atoms with E-state index in [1.807, 2.05) is 0 Å². The molecule has 0 bridgehead atoms. The summed E-state index contributed by atoms with van der Waals surface area (Å²) in [5.41, 5.74) is 0. The molecular weight excluding hydrogens is 984 g/mol. The predicted molar refractivity (Wildman–Crippen MR) is 131 cm³/mol. The summed E-state index contributed by atoms with van der Waals surface area (Å²) in [6, 6.07) is 0. The maximum Gasteiger partial charge on any atom is 0.0366 e. The van der Waals surface area contributed by atoms with Gasteiger partial charge in [0.2, 0.25) is 0 Å². The Morgan fingerprint density at radius 2 is 1.13 bits per heavy atom. The summed E-state index contributed by atoms with van der Waals surface area (Å²) in [5, 5.41) is 0. The summed E-state index contributed by atoms with van der Waals surface area (Å²) in [4.78, 5) is 0. The third-order valence-corrected chi connectivity index (χ3v) is 18.0. The van der Waals surface area contributed by atoms with E-state index < -0.39 is 0 Å². The summed E-state index contributed by atoms with van der Waals surface area (Å²) in [5.74, 6) is 0. The Kier molecular flexibility index (Phi) is 15.7. The highest BCUT2D eigenvalue weighted by molar-refractivity contribution is 14.1. The molecular formula is C8H11I7. The standard InChI is InChI=1S/C8H11I7/c9-2-1-4(11)6(13)8(15)7(14)5(12)3-10/h4-8H,1-3H2. The molecule has 0 amide bonds. The van der Waals surface area contributed by atoms with Crippen molar-refractivity contribution in [2.45, 2.75) is 26.0 Å². The lowest BCUT2D eigenvalue weighted by Gasteiger charge is -2.28. The van der Waals surface area contributed by atoms with Crippen LogP contribution in [-0.2, 0) is 0 Å². The molecule has 0 fully saturated rings. The lowest BCUT2D eigenvalue weighted by atomic mass is 10.1. The van der Waals surface area contributed by atoms with Gasteiger partial charge in [-0.15, -0.1) is 0 Å². The van der Waals surface area contributed by atoms with E-state index in [2.05, 4.69) is 158 Å². The van der Waals surface area contributed by atoms with Crippen LogP contribution in [0, 0.1) is 0 Å². The fraction of sp³-hybridized carbons (Fsp3) is 1.00. The van der Waals surface area contributed by atoms with Gasteiger partial charge in [-0.25, -0.2) is 0 Å². The maximum absolute atomic E-state index is 2.66. The molecule has 7 heteroatoms. The van der Waals surface area contributed by atoms with E-state index in [1.165, 1.54) is 15.3 Å². The number of hydrogen-bond donors (Lipinski definition) is 0. The van der Waals surface area contributed by atoms with Crippen molar-refractivity contribution >= 4 is 158 Å². The number of rotatable bonds is 7. The minimum absolute atomic E-state index is 0.783. The van der Waals surface area contributed by atoms with Crippen LogP contribution in [0.3, 0.4) is 0 Å². The van der Waals surface area contributed by atoms with Crippen LogP contribution in [0.25, 0.3) is 0 Å². The van der Waals surface area contributed by atoms with E-state index in [0.29, 0.717) is 0 Å². The average Bonchev–Trinajstić information content (AvgIpc) is 2.25. The molecule has 0 rings (SSSR count). The van der Waals surface area contributed by atoms with Crippen molar-refractivity contribution in [3.8, 4) is 0 Å². The first kappa shape index (κ1) is 20.1. The summed E-state index contributed by atoms with van der Waals surface area (Å²) in [7, 11) is 0. The number of alkyl halides is 7. The van der Waals surface area contributed by atoms with Crippen LogP contribution in [-0.4, -0.2) is 28.5 Å². The van der Waals surface area contributed by atoms with Crippen molar-refractivity contribution in [3.63, 3.8) is 0 Å². The highest BCUT2D eigenvalue weighted by Gasteiger charge is 2.31. The lowest BCUT2D eigenvalue weighted by Crippen LogP contribution is -2.36. The van der Waals surface area contributed by atoms with Crippen LogP contribution in [0.5, 0.6) is 0 Å². The first-order valence-corrected chi connectivity index (χ1v) is 13.6. The summed E-state index contributed by atoms with van der Waals surface area (Å²) >= 11 is 18.2. The molecule has 0 aliphatic rings. The Morgan fingerprint density at radius 3 is 1.53 bits per heavy atom. The van der Waals surface area contributed by atoms with E-state index in [9.17, 15) is 0 Å². The van der Waals surface area contributed by atoms with Crippen LogP contribution in [0.1, 0.15) is 6.42 Å². The van der Waals surface area contributed by atoms with E-state index in [4.69, 9.17) is 0 Å². The zero-order valence-corrected chi connectivity index (χ0v) is 22.8. The zero-order chi connectivity index (χ0) is 12.0. The van der Waals surface area contributed by atoms with Gasteiger partial charge in [-0.1, -0.05) is 158 Å². The van der Waals surface area contributed by atoms with Gasteiger partial charge in [0.25, 0.3) is 0 Å². The molecule has 0 nitrogen and oxygen atoms in total. The first-order valence-electron chi connectivity index (χ1n) is 4.28. The molecule has 0 saturated heterocycles. The van der Waals surface area contributed by atoms with Gasteiger partial charge in [0, 0.05) is 28.5 Å². The van der Waals surface area contributed by atoms with E-state index >= 15 is 0 Å². The molecule has 15 heavy (non-hydrogen) atoms. The molecule has 0 heterocycles. The van der Waals surface area contributed by atoms with Crippen molar-refractivity contribution in [3.05, 3.63) is 0 Å². The van der Waals surface area contributed by atoms with Crippen molar-refractivity contribution < 1.29 is 0 Å². The minimum Gasteiger partial charge on any atom is -0.0863 e. The number of halogens is 7. The van der Waals surface area contributed by atoms with Gasteiger partial charge < -0.3 is 0 Å². The predicted octanol–water partition coefficient (Wildman–Crippen LogP) is 6.26. The molecule has 0 aliphatic carbocycles. The van der Waals surface area contributed by atoms with Crippen molar-refractivity contribution in [1.82, 2.24) is 0 Å². The largest absolute Gasteiger partial charge is 0.0863 e. The van der Waals surface area contributed by atoms with Crippen molar-refractivity contribution in [2.24, 2.45) is 0 Å². The monoisotopic (exact) mass is 995 g/mol. The molecule has 0 aromatic carbocycles. The molecule has 0 aliphatic heterocycles. The van der Waals surface area contributed by atoms with Gasteiger partial charge in [-0.2, -0.15) is 0 Å². The van der Waals surface area contributed by atoms with E-state index in [0.717, 1.165) is 19.6 Å². The molecule has 0 aromatic heterocycles. The molecule has 0 N–H and O–H groups in total. The van der Waals surface area contributed by atoms with Crippen molar-refractivity contribution in [2.75, 3.05) is 8.86 Å². The molecule has 0 spiro atoms. The van der Waals surface area contributed by atoms with Gasteiger partial charge in [-0.3, -0.25) is 0 Å². The van der Waals surface area contributed by atoms with E-state index in [-0.39, 0.29) is 0 Å². The van der Waals surface area contributed by atoms with Crippen LogP contribution in [0.2, 0.25) is 0 Å². The minimum atomic E-state index is 0.783. The average molecular weight is 996 g/mol. The second-order valence-electron chi connectivity index (χ2n) is 3.00. The molecule has 92 valence electrons. The Balaban J connectivity index is 4.22. The molecule has 5 unspecified atom stereocenters. The summed E-state index contributed by atoms with van der Waals surface area (Å²) in [6.07, 6.45) is 1.34.